The van der Waals surface area contributed by atoms with Crippen LogP contribution in [-0.4, -0.2) is 29.2 Å². The molecule has 0 saturated heterocycles. The number of anilines is 1. The first-order valence-corrected chi connectivity index (χ1v) is 9.97. The first-order valence-electron chi connectivity index (χ1n) is 8.99. The average molecular weight is 379 g/mol. The van der Waals surface area contributed by atoms with Gasteiger partial charge in [-0.15, -0.1) is 0 Å². The smallest absolute Gasteiger partial charge is 0.230 e. The van der Waals surface area contributed by atoms with Gasteiger partial charge < -0.3 is 10.6 Å². The molecule has 0 heterocycles. The van der Waals surface area contributed by atoms with E-state index in [2.05, 4.69) is 31.4 Å². The summed E-state index contributed by atoms with van der Waals surface area (Å²) in [4.78, 5) is 34.2. The summed E-state index contributed by atoms with van der Waals surface area (Å²) in [5, 5.41) is 5.63. The van der Waals surface area contributed by atoms with E-state index in [1.807, 2.05) is 24.3 Å². The van der Waals surface area contributed by atoms with Gasteiger partial charge in [-0.2, -0.15) is 0 Å². The summed E-state index contributed by atoms with van der Waals surface area (Å²) in [6, 6.07) is 7.96. The molecule has 6 heteroatoms. The molecule has 26 heavy (non-hydrogen) atoms. The van der Waals surface area contributed by atoms with Crippen molar-refractivity contribution in [2.24, 2.45) is 0 Å². The zero-order chi connectivity index (χ0) is 19.6. The van der Waals surface area contributed by atoms with Crippen molar-refractivity contribution in [3.8, 4) is 0 Å². The Hall–Kier alpha value is -1.82. The Morgan fingerprint density at radius 3 is 2.19 bits per heavy atom. The maximum atomic E-state index is 12.0. The molecule has 0 aliphatic rings. The number of nitrogens with one attached hydrogen (secondary N) is 2. The number of carbonyl (C=O) groups excluding carboxylic acids is 3. The standard InChI is InChI=1S/C20H30N2O3S/c1-15(23)26-14-19(25)21-13-7-5-6-8-18(24)22-17-11-9-16(10-12-17)20(2,3)4/h9-12H,5-8,13-14H2,1-4H3,(H,21,25)(H,22,24). The summed E-state index contributed by atoms with van der Waals surface area (Å²) >= 11 is 1.01. The van der Waals surface area contributed by atoms with E-state index < -0.39 is 0 Å². The van der Waals surface area contributed by atoms with Crippen LogP contribution in [0.15, 0.2) is 24.3 Å². The number of carbonyl (C=O) groups is 3. The van der Waals surface area contributed by atoms with Crippen LogP contribution >= 0.6 is 11.8 Å². The highest BCUT2D eigenvalue weighted by Crippen LogP contribution is 2.23. The van der Waals surface area contributed by atoms with Crippen molar-refractivity contribution in [3.63, 3.8) is 0 Å². The number of hydrogen-bond donors (Lipinski definition) is 2. The zero-order valence-corrected chi connectivity index (χ0v) is 17.0. The molecular formula is C20H30N2O3S. The second-order valence-electron chi connectivity index (χ2n) is 7.32. The molecule has 0 atom stereocenters. The second kappa shape index (κ2) is 11.0. The number of thioether (sulfide) groups is 1. The topological polar surface area (TPSA) is 75.3 Å². The average Bonchev–Trinajstić information content (AvgIpc) is 2.55. The summed E-state index contributed by atoms with van der Waals surface area (Å²) in [6.45, 7) is 8.50. The van der Waals surface area contributed by atoms with Gasteiger partial charge >= 0.3 is 0 Å². The van der Waals surface area contributed by atoms with Gasteiger partial charge in [-0.25, -0.2) is 0 Å². The second-order valence-corrected chi connectivity index (χ2v) is 8.47. The van der Waals surface area contributed by atoms with Gasteiger partial charge in [-0.05, 0) is 36.0 Å². The summed E-state index contributed by atoms with van der Waals surface area (Å²) in [5.74, 6) is 0.0585. The summed E-state index contributed by atoms with van der Waals surface area (Å²) in [7, 11) is 0. The van der Waals surface area contributed by atoms with Gasteiger partial charge in [0, 0.05) is 25.6 Å². The van der Waals surface area contributed by atoms with Crippen LogP contribution in [0.3, 0.4) is 0 Å². The van der Waals surface area contributed by atoms with Crippen molar-refractivity contribution in [1.29, 1.82) is 0 Å². The third kappa shape index (κ3) is 9.61. The van der Waals surface area contributed by atoms with E-state index in [1.54, 1.807) is 0 Å². The highest BCUT2D eigenvalue weighted by molar-refractivity contribution is 8.14. The number of hydrogen-bond acceptors (Lipinski definition) is 4. The summed E-state index contributed by atoms with van der Waals surface area (Å²) < 4.78 is 0. The van der Waals surface area contributed by atoms with Crippen LogP contribution < -0.4 is 10.6 Å². The fourth-order valence-electron chi connectivity index (χ4n) is 2.31. The predicted octanol–water partition coefficient (Wildman–Crippen LogP) is 3.88. The SMILES string of the molecule is CC(=O)SCC(=O)NCCCCCC(=O)Nc1ccc(C(C)(C)C)cc1. The Balaban J connectivity index is 2.15. The lowest BCUT2D eigenvalue weighted by atomic mass is 9.87. The number of unbranched alkanes of at least 4 members (excludes halogenated alkanes) is 2. The number of rotatable bonds is 9. The minimum Gasteiger partial charge on any atom is -0.355 e. The van der Waals surface area contributed by atoms with Crippen LogP contribution in [0, 0.1) is 0 Å². The van der Waals surface area contributed by atoms with Gasteiger partial charge in [0.2, 0.25) is 11.8 Å². The molecule has 2 N–H and O–H groups in total. The molecule has 1 aromatic rings. The monoisotopic (exact) mass is 378 g/mol. The predicted molar refractivity (Wildman–Crippen MR) is 108 cm³/mol. The van der Waals surface area contributed by atoms with Gasteiger partial charge in [-0.1, -0.05) is 51.1 Å². The molecule has 0 spiro atoms. The van der Waals surface area contributed by atoms with E-state index in [0.717, 1.165) is 36.7 Å². The van der Waals surface area contributed by atoms with Crippen LogP contribution in [0.2, 0.25) is 0 Å². The molecule has 0 aromatic heterocycles. The normalized spacial score (nSPS) is 11.1. The van der Waals surface area contributed by atoms with Crippen LogP contribution in [0.4, 0.5) is 5.69 Å². The molecule has 144 valence electrons. The fourth-order valence-corrected chi connectivity index (χ4v) is 2.75. The van der Waals surface area contributed by atoms with Crippen molar-refractivity contribution in [1.82, 2.24) is 5.32 Å². The van der Waals surface area contributed by atoms with E-state index >= 15 is 0 Å². The molecule has 0 saturated carbocycles. The Morgan fingerprint density at radius 1 is 0.962 bits per heavy atom. The summed E-state index contributed by atoms with van der Waals surface area (Å²) in [6.07, 6.45) is 2.94. The van der Waals surface area contributed by atoms with Gasteiger partial charge in [0.15, 0.2) is 5.12 Å². The molecule has 5 nitrogen and oxygen atoms in total. The molecular weight excluding hydrogens is 348 g/mol. The number of benzene rings is 1. The van der Waals surface area contributed by atoms with E-state index in [0.29, 0.717) is 13.0 Å². The van der Waals surface area contributed by atoms with Crippen molar-refractivity contribution < 1.29 is 14.4 Å². The lowest BCUT2D eigenvalue weighted by Gasteiger charge is -2.19. The molecule has 0 bridgehead atoms. The Morgan fingerprint density at radius 2 is 1.62 bits per heavy atom. The van der Waals surface area contributed by atoms with Crippen LogP contribution in [0.5, 0.6) is 0 Å². The van der Waals surface area contributed by atoms with Gasteiger partial charge in [-0.3, -0.25) is 14.4 Å². The third-order valence-electron chi connectivity index (χ3n) is 3.84. The fraction of sp³-hybridized carbons (Fsp3) is 0.550. The maximum Gasteiger partial charge on any atom is 0.230 e. The minimum absolute atomic E-state index is 0.00963. The highest BCUT2D eigenvalue weighted by Gasteiger charge is 2.13. The van der Waals surface area contributed by atoms with E-state index in [4.69, 9.17) is 0 Å². The Bertz CT molecular complexity index is 606. The minimum atomic E-state index is -0.123. The Kier molecular flexibility index (Phi) is 9.41. The highest BCUT2D eigenvalue weighted by atomic mass is 32.2. The van der Waals surface area contributed by atoms with Crippen LogP contribution in [0.1, 0.15) is 58.9 Å². The number of amides is 2. The van der Waals surface area contributed by atoms with Crippen LogP contribution in [0.25, 0.3) is 0 Å². The molecule has 0 aliphatic carbocycles. The molecule has 1 aromatic carbocycles. The molecule has 0 aliphatic heterocycles. The molecule has 1 rings (SSSR count). The van der Waals surface area contributed by atoms with Gasteiger partial charge in [0.05, 0.1) is 5.75 Å². The van der Waals surface area contributed by atoms with E-state index in [1.165, 1.54) is 12.5 Å². The van der Waals surface area contributed by atoms with Gasteiger partial charge in [0.1, 0.15) is 0 Å². The zero-order valence-electron chi connectivity index (χ0n) is 16.2. The van der Waals surface area contributed by atoms with E-state index in [9.17, 15) is 14.4 Å². The molecule has 0 fully saturated rings. The first kappa shape index (κ1) is 22.2. The largest absolute Gasteiger partial charge is 0.355 e. The molecule has 2 amide bonds. The molecule has 0 unspecified atom stereocenters. The lowest BCUT2D eigenvalue weighted by Crippen LogP contribution is -2.26. The van der Waals surface area contributed by atoms with Crippen molar-refractivity contribution in [2.75, 3.05) is 17.6 Å². The Labute approximate surface area is 160 Å². The molecule has 0 radical (unpaired) electrons. The quantitative estimate of drug-likeness (QED) is 0.640. The lowest BCUT2D eigenvalue weighted by molar-refractivity contribution is -0.119. The van der Waals surface area contributed by atoms with Crippen LogP contribution in [-0.2, 0) is 19.8 Å². The van der Waals surface area contributed by atoms with Gasteiger partial charge in [0.25, 0.3) is 0 Å². The van der Waals surface area contributed by atoms with E-state index in [-0.39, 0.29) is 28.1 Å². The maximum absolute atomic E-state index is 12.0. The first-order chi connectivity index (χ1) is 12.2. The van der Waals surface area contributed by atoms with Crippen molar-refractivity contribution >= 4 is 34.4 Å². The van der Waals surface area contributed by atoms with Crippen molar-refractivity contribution in [3.05, 3.63) is 29.8 Å². The van der Waals surface area contributed by atoms with Crippen molar-refractivity contribution in [2.45, 2.75) is 58.8 Å². The summed E-state index contributed by atoms with van der Waals surface area (Å²) in [5.41, 5.74) is 2.15. The third-order valence-corrected chi connectivity index (χ3v) is 4.66.